The fraction of sp³-hybridized carbons (Fsp3) is 0.308. The summed E-state index contributed by atoms with van der Waals surface area (Å²) in [5.41, 5.74) is 8.51. The van der Waals surface area contributed by atoms with Gasteiger partial charge in [-0.25, -0.2) is 15.0 Å². The zero-order valence-corrected chi connectivity index (χ0v) is 11.9. The van der Waals surface area contributed by atoms with Crippen LogP contribution in [0.4, 0.5) is 5.13 Å². The lowest BCUT2D eigenvalue weighted by Gasteiger charge is -2.11. The van der Waals surface area contributed by atoms with Crippen molar-refractivity contribution in [3.8, 4) is 10.7 Å². The summed E-state index contributed by atoms with van der Waals surface area (Å²) < 4.78 is 2.13. The summed E-state index contributed by atoms with van der Waals surface area (Å²) in [6, 6.07) is 4.15. The van der Waals surface area contributed by atoms with Gasteiger partial charge in [-0.05, 0) is 32.9 Å². The second kappa shape index (κ2) is 4.31. The van der Waals surface area contributed by atoms with Crippen LogP contribution in [0.5, 0.6) is 0 Å². The average molecular weight is 273 g/mol. The number of imidazole rings is 1. The Kier molecular flexibility index (Phi) is 2.74. The van der Waals surface area contributed by atoms with Gasteiger partial charge in [0, 0.05) is 12.2 Å². The molecule has 6 heteroatoms. The first-order valence-corrected chi connectivity index (χ1v) is 6.96. The van der Waals surface area contributed by atoms with Crippen molar-refractivity contribution in [3.63, 3.8) is 0 Å². The number of aryl methyl sites for hydroxylation is 1. The summed E-state index contributed by atoms with van der Waals surface area (Å²) in [6.45, 7) is 6.21. The van der Waals surface area contributed by atoms with Gasteiger partial charge < -0.3 is 10.3 Å². The minimum absolute atomic E-state index is 0.276. The Bertz CT molecular complexity index is 741. The molecule has 0 aliphatic carbocycles. The number of nitrogens with zero attached hydrogens (tertiary/aromatic N) is 4. The highest BCUT2D eigenvalue weighted by Gasteiger charge is 2.19. The summed E-state index contributed by atoms with van der Waals surface area (Å²) in [5.74, 6) is 0.899. The largest absolute Gasteiger partial charge is 0.375 e. The van der Waals surface area contributed by atoms with Crippen LogP contribution in [-0.2, 0) is 0 Å². The van der Waals surface area contributed by atoms with E-state index in [9.17, 15) is 0 Å². The van der Waals surface area contributed by atoms with Gasteiger partial charge in [0.25, 0.3) is 0 Å². The van der Waals surface area contributed by atoms with Crippen LogP contribution in [0, 0.1) is 6.92 Å². The topological polar surface area (TPSA) is 69.6 Å². The molecule has 3 aromatic heterocycles. The predicted molar refractivity (Wildman–Crippen MR) is 78.2 cm³/mol. The highest BCUT2D eigenvalue weighted by Crippen LogP contribution is 2.34. The van der Waals surface area contributed by atoms with Gasteiger partial charge in [0.05, 0.1) is 10.6 Å². The zero-order valence-electron chi connectivity index (χ0n) is 11.1. The van der Waals surface area contributed by atoms with Crippen molar-refractivity contribution in [3.05, 3.63) is 24.0 Å². The van der Waals surface area contributed by atoms with Crippen molar-refractivity contribution in [2.24, 2.45) is 0 Å². The van der Waals surface area contributed by atoms with Gasteiger partial charge in [-0.3, -0.25) is 0 Å². The van der Waals surface area contributed by atoms with E-state index in [1.165, 1.54) is 11.3 Å². The number of aromatic nitrogens is 4. The van der Waals surface area contributed by atoms with Gasteiger partial charge in [-0.2, -0.15) is 0 Å². The first-order valence-electron chi connectivity index (χ1n) is 6.14. The molecule has 0 unspecified atom stereocenters. The molecule has 0 saturated heterocycles. The van der Waals surface area contributed by atoms with E-state index < -0.39 is 0 Å². The van der Waals surface area contributed by atoms with Gasteiger partial charge in [0.2, 0.25) is 0 Å². The maximum atomic E-state index is 5.79. The molecule has 3 heterocycles. The Hall–Kier alpha value is -1.95. The summed E-state index contributed by atoms with van der Waals surface area (Å²) in [5, 5.41) is 0.572. The molecule has 19 heavy (non-hydrogen) atoms. The lowest BCUT2D eigenvalue weighted by atomic mass is 10.3. The van der Waals surface area contributed by atoms with Crippen LogP contribution in [0.25, 0.3) is 21.9 Å². The maximum absolute atomic E-state index is 5.79. The van der Waals surface area contributed by atoms with Crippen LogP contribution in [0.1, 0.15) is 25.6 Å². The molecule has 0 aliphatic heterocycles. The Morgan fingerprint density at radius 2 is 2.11 bits per heavy atom. The molecule has 5 nitrogen and oxygen atoms in total. The number of hydrogen-bond acceptors (Lipinski definition) is 5. The van der Waals surface area contributed by atoms with Crippen molar-refractivity contribution < 1.29 is 0 Å². The molecule has 2 N–H and O–H groups in total. The Morgan fingerprint density at radius 3 is 2.74 bits per heavy atom. The standard InChI is InChI=1S/C13H15N5S/c1-7(2)18-11-9(5-4-6-15-11)17-12(18)10-8(3)16-13(14)19-10/h4-7H,1-3H3,(H2,14,16). The molecule has 3 rings (SSSR count). The van der Waals surface area contributed by atoms with Crippen molar-refractivity contribution in [2.45, 2.75) is 26.8 Å². The maximum Gasteiger partial charge on any atom is 0.180 e. The van der Waals surface area contributed by atoms with Crippen molar-refractivity contribution in [1.82, 2.24) is 19.5 Å². The highest BCUT2D eigenvalue weighted by molar-refractivity contribution is 7.18. The van der Waals surface area contributed by atoms with Crippen LogP contribution in [-0.4, -0.2) is 19.5 Å². The average Bonchev–Trinajstić information content (AvgIpc) is 2.88. The summed E-state index contributed by atoms with van der Waals surface area (Å²) >= 11 is 1.47. The molecular formula is C13H15N5S. The van der Waals surface area contributed by atoms with Crippen LogP contribution in [0.3, 0.4) is 0 Å². The Morgan fingerprint density at radius 1 is 1.32 bits per heavy atom. The number of fused-ring (bicyclic) bond motifs is 1. The molecule has 0 aliphatic rings. The van der Waals surface area contributed by atoms with E-state index in [-0.39, 0.29) is 6.04 Å². The molecule has 0 spiro atoms. The van der Waals surface area contributed by atoms with Crippen molar-refractivity contribution in [2.75, 3.05) is 5.73 Å². The Labute approximate surface area is 115 Å². The van der Waals surface area contributed by atoms with Gasteiger partial charge in [-0.1, -0.05) is 11.3 Å². The third-order valence-electron chi connectivity index (χ3n) is 2.98. The molecule has 0 fully saturated rings. The highest BCUT2D eigenvalue weighted by atomic mass is 32.1. The molecule has 98 valence electrons. The van der Waals surface area contributed by atoms with E-state index >= 15 is 0 Å². The lowest BCUT2D eigenvalue weighted by Crippen LogP contribution is -2.03. The normalized spacial score (nSPS) is 11.6. The summed E-state index contributed by atoms with van der Waals surface area (Å²) in [6.07, 6.45) is 1.79. The van der Waals surface area contributed by atoms with Crippen LogP contribution >= 0.6 is 11.3 Å². The number of hydrogen-bond donors (Lipinski definition) is 1. The molecule has 0 radical (unpaired) electrons. The molecule has 0 aromatic carbocycles. The molecule has 0 bridgehead atoms. The SMILES string of the molecule is Cc1nc(N)sc1-c1nc2cccnc2n1C(C)C. The number of rotatable bonds is 2. The first-order chi connectivity index (χ1) is 9.08. The monoisotopic (exact) mass is 273 g/mol. The number of nitrogens with two attached hydrogens (primary N) is 1. The van der Waals surface area contributed by atoms with Crippen molar-refractivity contribution in [1.29, 1.82) is 0 Å². The van der Waals surface area contributed by atoms with E-state index in [2.05, 4.69) is 28.4 Å². The molecule has 0 atom stereocenters. The van der Waals surface area contributed by atoms with Gasteiger partial charge in [-0.15, -0.1) is 0 Å². The fourth-order valence-corrected chi connectivity index (χ4v) is 3.02. The first kappa shape index (κ1) is 12.1. The van der Waals surface area contributed by atoms with E-state index in [1.807, 2.05) is 19.1 Å². The second-order valence-corrected chi connectivity index (χ2v) is 5.74. The van der Waals surface area contributed by atoms with Gasteiger partial charge in [0.1, 0.15) is 5.52 Å². The van der Waals surface area contributed by atoms with E-state index in [1.54, 1.807) is 6.20 Å². The number of thiazole rings is 1. The van der Waals surface area contributed by atoms with Crippen molar-refractivity contribution >= 4 is 27.6 Å². The molecule has 0 saturated carbocycles. The molecular weight excluding hydrogens is 258 g/mol. The fourth-order valence-electron chi connectivity index (χ4n) is 2.20. The van der Waals surface area contributed by atoms with Crippen LogP contribution in [0.15, 0.2) is 18.3 Å². The third kappa shape index (κ3) is 1.88. The lowest BCUT2D eigenvalue weighted by molar-refractivity contribution is 0.620. The van der Waals surface area contributed by atoms with Crippen LogP contribution in [0.2, 0.25) is 0 Å². The minimum atomic E-state index is 0.276. The number of anilines is 1. The van der Waals surface area contributed by atoms with Crippen LogP contribution < -0.4 is 5.73 Å². The zero-order chi connectivity index (χ0) is 13.6. The quantitative estimate of drug-likeness (QED) is 0.779. The van der Waals surface area contributed by atoms with Gasteiger partial charge in [0.15, 0.2) is 16.6 Å². The van der Waals surface area contributed by atoms with Gasteiger partial charge >= 0.3 is 0 Å². The molecule has 3 aromatic rings. The van der Waals surface area contributed by atoms with E-state index in [4.69, 9.17) is 10.7 Å². The summed E-state index contributed by atoms with van der Waals surface area (Å²) in [7, 11) is 0. The Balaban J connectivity index is 2.34. The van der Waals surface area contributed by atoms with E-state index in [0.29, 0.717) is 5.13 Å². The summed E-state index contributed by atoms with van der Waals surface area (Å²) in [4.78, 5) is 14.4. The second-order valence-electron chi connectivity index (χ2n) is 4.71. The number of nitrogen functional groups attached to an aromatic ring is 1. The molecule has 0 amide bonds. The minimum Gasteiger partial charge on any atom is -0.375 e. The smallest absolute Gasteiger partial charge is 0.180 e. The third-order valence-corrected chi connectivity index (χ3v) is 3.96. The number of pyridine rings is 1. The van der Waals surface area contributed by atoms with E-state index in [0.717, 1.165) is 27.6 Å². The predicted octanol–water partition coefficient (Wildman–Crippen LogP) is 3.03.